The summed E-state index contributed by atoms with van der Waals surface area (Å²) in [5.74, 6) is -3.50. The van der Waals surface area contributed by atoms with Crippen molar-refractivity contribution in [2.24, 2.45) is 0 Å². The van der Waals surface area contributed by atoms with Gasteiger partial charge in [-0.15, -0.1) is 0 Å². The second-order valence-electron chi connectivity index (χ2n) is 5.59. The number of rotatable bonds is 7. The number of halogens is 4. The summed E-state index contributed by atoms with van der Waals surface area (Å²) >= 11 is 0. The third-order valence-corrected chi connectivity index (χ3v) is 3.58. The summed E-state index contributed by atoms with van der Waals surface area (Å²) in [7, 11) is 0. The molecule has 2 aromatic carbocycles. The van der Waals surface area contributed by atoms with Crippen LogP contribution in [0.3, 0.4) is 0 Å². The van der Waals surface area contributed by atoms with Gasteiger partial charge in [0.2, 0.25) is 0 Å². The van der Waals surface area contributed by atoms with Crippen LogP contribution in [0, 0.1) is 23.0 Å². The lowest BCUT2D eigenvalue weighted by Crippen LogP contribution is -2.09. The number of hydrogen-bond donors (Lipinski definition) is 0. The molecular weight excluding hydrogens is 362 g/mol. The molecule has 0 heterocycles. The normalized spacial score (nSPS) is 12.0. The number of carbonyl (C=O) groups excluding carboxylic acids is 1. The van der Waals surface area contributed by atoms with Crippen molar-refractivity contribution < 1.29 is 27.1 Å². The predicted octanol–water partition coefficient (Wildman–Crippen LogP) is 4.85. The first-order valence-electron chi connectivity index (χ1n) is 8.01. The molecule has 0 aromatic heterocycles. The molecule has 0 aliphatic carbocycles. The van der Waals surface area contributed by atoms with E-state index in [9.17, 15) is 22.4 Å². The minimum atomic E-state index is -1.28. The number of nitrogens with zero attached hydrogens (tertiary/aromatic N) is 1. The molecule has 0 bridgehead atoms. The van der Waals surface area contributed by atoms with E-state index < -0.39 is 36.0 Å². The van der Waals surface area contributed by atoms with Crippen molar-refractivity contribution in [3.63, 3.8) is 0 Å². The van der Waals surface area contributed by atoms with E-state index in [0.29, 0.717) is 5.56 Å². The minimum absolute atomic E-state index is 0.0597. The standard InChI is InChI=1S/C20H15F4NO2/c21-8-2-1-3-15(22)9-13-4-6-14(7-5-13)20(26)27-16-10-18(23)17(12-25)19(24)11-16/h1,3-7,10-11,15H,2,8-9H2/b3-1+. The largest absolute Gasteiger partial charge is 0.423 e. The van der Waals surface area contributed by atoms with Crippen molar-refractivity contribution in [2.45, 2.75) is 19.0 Å². The SMILES string of the molecule is N#Cc1c(F)cc(OC(=O)c2ccc(CC(F)/C=C/CCF)cc2)cc1F. The van der Waals surface area contributed by atoms with Crippen LogP contribution in [0.1, 0.15) is 27.9 Å². The van der Waals surface area contributed by atoms with Crippen molar-refractivity contribution in [3.8, 4) is 11.8 Å². The third kappa shape index (κ3) is 5.68. The van der Waals surface area contributed by atoms with E-state index in [1.807, 2.05) is 0 Å². The Morgan fingerprint density at radius 2 is 1.81 bits per heavy atom. The number of nitriles is 1. The first-order valence-corrected chi connectivity index (χ1v) is 8.01. The number of esters is 1. The number of carbonyl (C=O) groups is 1. The second kappa shape index (κ2) is 9.53. The van der Waals surface area contributed by atoms with Gasteiger partial charge in [0.05, 0.1) is 12.2 Å². The Labute approximate surface area is 153 Å². The van der Waals surface area contributed by atoms with Gasteiger partial charge >= 0.3 is 5.97 Å². The molecular formula is C20H15F4NO2. The molecule has 0 saturated carbocycles. The molecule has 0 amide bonds. The smallest absolute Gasteiger partial charge is 0.343 e. The summed E-state index contributed by atoms with van der Waals surface area (Å²) < 4.78 is 57.6. The second-order valence-corrected chi connectivity index (χ2v) is 5.59. The lowest BCUT2D eigenvalue weighted by molar-refractivity contribution is 0.0734. The maximum Gasteiger partial charge on any atom is 0.343 e. The van der Waals surface area contributed by atoms with Crippen molar-refractivity contribution in [1.29, 1.82) is 5.26 Å². The van der Waals surface area contributed by atoms with Crippen LogP contribution in [0.4, 0.5) is 17.6 Å². The fourth-order valence-electron chi connectivity index (χ4n) is 2.26. The Bertz CT molecular complexity index is 850. The van der Waals surface area contributed by atoms with Gasteiger partial charge in [-0.3, -0.25) is 4.39 Å². The first-order chi connectivity index (χ1) is 12.9. The topological polar surface area (TPSA) is 50.1 Å². The Hall–Kier alpha value is -3.14. The van der Waals surface area contributed by atoms with E-state index in [0.717, 1.165) is 12.1 Å². The van der Waals surface area contributed by atoms with Crippen LogP contribution in [-0.2, 0) is 6.42 Å². The molecule has 2 aromatic rings. The third-order valence-electron chi connectivity index (χ3n) is 3.58. The summed E-state index contributed by atoms with van der Waals surface area (Å²) in [5, 5.41) is 8.61. The van der Waals surface area contributed by atoms with Gasteiger partial charge in [0.1, 0.15) is 35.2 Å². The van der Waals surface area contributed by atoms with E-state index in [1.54, 1.807) is 0 Å². The molecule has 1 atom stereocenters. The minimum Gasteiger partial charge on any atom is -0.423 e. The lowest BCUT2D eigenvalue weighted by Gasteiger charge is -2.07. The van der Waals surface area contributed by atoms with Crippen LogP contribution in [0.5, 0.6) is 5.75 Å². The maximum absolute atomic E-state index is 13.7. The average molecular weight is 377 g/mol. The van der Waals surface area contributed by atoms with Gasteiger partial charge in [-0.1, -0.05) is 24.3 Å². The highest BCUT2D eigenvalue weighted by Gasteiger charge is 2.15. The first kappa shape index (κ1) is 20.2. The van der Waals surface area contributed by atoms with E-state index in [2.05, 4.69) is 0 Å². The molecule has 0 radical (unpaired) electrons. The van der Waals surface area contributed by atoms with Gasteiger partial charge in [0.15, 0.2) is 0 Å². The summed E-state index contributed by atoms with van der Waals surface area (Å²) in [5.41, 5.74) is -0.0489. The van der Waals surface area contributed by atoms with Crippen molar-refractivity contribution in [3.05, 3.63) is 76.9 Å². The molecule has 0 saturated heterocycles. The molecule has 140 valence electrons. The van der Waals surface area contributed by atoms with Crippen LogP contribution in [0.25, 0.3) is 0 Å². The number of alkyl halides is 2. The Morgan fingerprint density at radius 1 is 1.19 bits per heavy atom. The zero-order chi connectivity index (χ0) is 19.8. The number of ether oxygens (including phenoxy) is 1. The summed E-state index contributed by atoms with van der Waals surface area (Å²) in [6.07, 6.45) is 1.63. The molecule has 3 nitrogen and oxygen atoms in total. The average Bonchev–Trinajstić information content (AvgIpc) is 2.62. The molecule has 0 spiro atoms. The highest BCUT2D eigenvalue weighted by Crippen LogP contribution is 2.21. The van der Waals surface area contributed by atoms with Crippen LogP contribution in [0.15, 0.2) is 48.6 Å². The highest BCUT2D eigenvalue weighted by atomic mass is 19.1. The molecule has 0 N–H and O–H groups in total. The monoisotopic (exact) mass is 377 g/mol. The fourth-order valence-corrected chi connectivity index (χ4v) is 2.26. The van der Waals surface area contributed by atoms with Gasteiger partial charge in [-0.25, -0.2) is 18.0 Å². The molecule has 0 aliphatic rings. The molecule has 1 unspecified atom stereocenters. The van der Waals surface area contributed by atoms with Gasteiger partial charge in [-0.2, -0.15) is 5.26 Å². The van der Waals surface area contributed by atoms with Crippen LogP contribution >= 0.6 is 0 Å². The number of hydrogen-bond acceptors (Lipinski definition) is 3. The van der Waals surface area contributed by atoms with Crippen molar-refractivity contribution in [1.82, 2.24) is 0 Å². The van der Waals surface area contributed by atoms with Crippen molar-refractivity contribution in [2.75, 3.05) is 6.67 Å². The summed E-state index contributed by atoms with van der Waals surface area (Å²) in [6.45, 7) is -0.549. The fraction of sp³-hybridized carbons (Fsp3) is 0.200. The molecule has 27 heavy (non-hydrogen) atoms. The number of allylic oxidation sites excluding steroid dienone is 2. The van der Waals surface area contributed by atoms with E-state index in [4.69, 9.17) is 10.00 Å². The van der Waals surface area contributed by atoms with Gasteiger partial charge in [0, 0.05) is 18.6 Å². The van der Waals surface area contributed by atoms with Crippen molar-refractivity contribution >= 4 is 5.97 Å². The Balaban J connectivity index is 2.03. The van der Waals surface area contributed by atoms with E-state index in [1.165, 1.54) is 42.5 Å². The van der Waals surface area contributed by atoms with Gasteiger partial charge in [-0.05, 0) is 24.1 Å². The van der Waals surface area contributed by atoms with E-state index in [-0.39, 0.29) is 24.2 Å². The zero-order valence-electron chi connectivity index (χ0n) is 14.1. The number of benzene rings is 2. The predicted molar refractivity (Wildman–Crippen MR) is 90.8 cm³/mol. The Morgan fingerprint density at radius 3 is 2.37 bits per heavy atom. The summed E-state index contributed by atoms with van der Waals surface area (Å²) in [6, 6.07) is 8.68. The highest BCUT2D eigenvalue weighted by molar-refractivity contribution is 5.91. The van der Waals surface area contributed by atoms with Crippen LogP contribution in [0.2, 0.25) is 0 Å². The van der Waals surface area contributed by atoms with Gasteiger partial charge < -0.3 is 4.74 Å². The van der Waals surface area contributed by atoms with Crippen LogP contribution < -0.4 is 4.74 Å². The zero-order valence-corrected chi connectivity index (χ0v) is 14.1. The van der Waals surface area contributed by atoms with E-state index >= 15 is 0 Å². The summed E-state index contributed by atoms with van der Waals surface area (Å²) in [4.78, 5) is 12.0. The van der Waals surface area contributed by atoms with Gasteiger partial charge in [0.25, 0.3) is 0 Å². The molecule has 0 aliphatic heterocycles. The molecule has 2 rings (SSSR count). The van der Waals surface area contributed by atoms with Crippen LogP contribution in [-0.4, -0.2) is 18.8 Å². The lowest BCUT2D eigenvalue weighted by atomic mass is 10.1. The Kier molecular flexibility index (Phi) is 7.12. The quantitative estimate of drug-likeness (QED) is 0.300. The molecule has 0 fully saturated rings. The molecule has 7 heteroatoms. The maximum atomic E-state index is 13.7.